The molecule has 2 rings (SSSR count). The Morgan fingerprint density at radius 2 is 1.88 bits per heavy atom. The summed E-state index contributed by atoms with van der Waals surface area (Å²) in [6.45, 7) is 6.73. The molecule has 3 amide bonds. The van der Waals surface area contributed by atoms with Crippen molar-refractivity contribution >= 4 is 23.8 Å². The molecule has 0 aliphatic heterocycles. The van der Waals surface area contributed by atoms with Gasteiger partial charge in [0.05, 0.1) is 6.54 Å². The molecule has 0 radical (unpaired) electrons. The van der Waals surface area contributed by atoms with E-state index in [4.69, 9.17) is 4.74 Å². The number of amides is 3. The van der Waals surface area contributed by atoms with E-state index in [0.29, 0.717) is 13.2 Å². The molecule has 1 fully saturated rings. The van der Waals surface area contributed by atoms with Crippen molar-refractivity contribution in [3.63, 3.8) is 0 Å². The first-order chi connectivity index (χ1) is 15.3. The largest absolute Gasteiger partial charge is 0.492 e. The molecule has 0 heterocycles. The molecule has 1 saturated carbocycles. The summed E-state index contributed by atoms with van der Waals surface area (Å²) in [5, 5.41) is 11.3. The number of para-hydroxylation sites is 1. The Balaban J connectivity index is 1.70. The van der Waals surface area contributed by atoms with Crippen molar-refractivity contribution in [2.45, 2.75) is 58.0 Å². The number of benzene rings is 1. The van der Waals surface area contributed by atoms with E-state index in [1.807, 2.05) is 36.4 Å². The Hall–Kier alpha value is -2.87. The Bertz CT molecular complexity index is 803. The Labute approximate surface area is 190 Å². The highest BCUT2D eigenvalue weighted by atomic mass is 16.5. The van der Waals surface area contributed by atoms with E-state index in [9.17, 15) is 14.4 Å². The fourth-order valence-corrected chi connectivity index (χ4v) is 3.71. The SMILES string of the molecule is CC(=O)N[C@@H](C)C(=O)NCC(=O)NC/C=C/c1ccccc1OCCNC1(C)CCCC1. The van der Waals surface area contributed by atoms with Crippen molar-refractivity contribution in [2.75, 3.05) is 26.2 Å². The van der Waals surface area contributed by atoms with Crippen LogP contribution in [0.3, 0.4) is 0 Å². The third kappa shape index (κ3) is 9.09. The smallest absolute Gasteiger partial charge is 0.242 e. The molecule has 1 aliphatic carbocycles. The first-order valence-corrected chi connectivity index (χ1v) is 11.2. The van der Waals surface area contributed by atoms with E-state index in [2.05, 4.69) is 28.2 Å². The van der Waals surface area contributed by atoms with Crippen molar-refractivity contribution in [3.05, 3.63) is 35.9 Å². The highest BCUT2D eigenvalue weighted by Crippen LogP contribution is 2.28. The molecule has 8 heteroatoms. The highest BCUT2D eigenvalue weighted by Gasteiger charge is 2.27. The van der Waals surface area contributed by atoms with E-state index in [-0.39, 0.29) is 23.9 Å². The van der Waals surface area contributed by atoms with Crippen LogP contribution in [-0.2, 0) is 14.4 Å². The van der Waals surface area contributed by atoms with Gasteiger partial charge in [0.15, 0.2) is 0 Å². The summed E-state index contributed by atoms with van der Waals surface area (Å²) < 4.78 is 5.96. The summed E-state index contributed by atoms with van der Waals surface area (Å²) in [7, 11) is 0. The topological polar surface area (TPSA) is 109 Å². The summed E-state index contributed by atoms with van der Waals surface area (Å²) in [6, 6.07) is 7.08. The van der Waals surface area contributed by atoms with Gasteiger partial charge < -0.3 is 26.0 Å². The van der Waals surface area contributed by atoms with Crippen LogP contribution in [0.25, 0.3) is 6.08 Å². The number of ether oxygens (including phenoxy) is 1. The van der Waals surface area contributed by atoms with Gasteiger partial charge in [0.1, 0.15) is 18.4 Å². The van der Waals surface area contributed by atoms with E-state index in [0.717, 1.165) is 17.9 Å². The van der Waals surface area contributed by atoms with Gasteiger partial charge in [-0.05, 0) is 32.8 Å². The van der Waals surface area contributed by atoms with Crippen LogP contribution >= 0.6 is 0 Å². The van der Waals surface area contributed by atoms with Crippen LogP contribution in [-0.4, -0.2) is 55.5 Å². The second-order valence-corrected chi connectivity index (χ2v) is 8.43. The first-order valence-electron chi connectivity index (χ1n) is 11.2. The normalized spacial score (nSPS) is 15.8. The molecular formula is C24H36N4O4. The predicted molar refractivity (Wildman–Crippen MR) is 125 cm³/mol. The fourth-order valence-electron chi connectivity index (χ4n) is 3.71. The van der Waals surface area contributed by atoms with Crippen LogP contribution in [0.1, 0.15) is 52.0 Å². The van der Waals surface area contributed by atoms with E-state index >= 15 is 0 Å². The van der Waals surface area contributed by atoms with Gasteiger partial charge in [-0.3, -0.25) is 14.4 Å². The molecule has 1 aliphatic rings. The van der Waals surface area contributed by atoms with Gasteiger partial charge in [0.25, 0.3) is 0 Å². The van der Waals surface area contributed by atoms with Crippen molar-refractivity contribution in [3.8, 4) is 5.75 Å². The molecule has 1 atom stereocenters. The lowest BCUT2D eigenvalue weighted by Crippen LogP contribution is -2.47. The minimum Gasteiger partial charge on any atom is -0.492 e. The monoisotopic (exact) mass is 444 g/mol. The fraction of sp³-hybridized carbons (Fsp3) is 0.542. The van der Waals surface area contributed by atoms with Crippen molar-refractivity contribution in [1.29, 1.82) is 0 Å². The number of carbonyl (C=O) groups is 3. The molecule has 1 aromatic carbocycles. The molecule has 32 heavy (non-hydrogen) atoms. The zero-order chi connectivity index (χ0) is 23.4. The minimum atomic E-state index is -0.687. The lowest BCUT2D eigenvalue weighted by molar-refractivity contribution is -0.129. The van der Waals surface area contributed by atoms with Gasteiger partial charge in [-0.25, -0.2) is 0 Å². The molecule has 4 N–H and O–H groups in total. The second-order valence-electron chi connectivity index (χ2n) is 8.43. The van der Waals surface area contributed by atoms with Gasteiger partial charge in [-0.1, -0.05) is 43.2 Å². The van der Waals surface area contributed by atoms with Crippen LogP contribution in [0.4, 0.5) is 0 Å². The van der Waals surface area contributed by atoms with Crippen LogP contribution in [0, 0.1) is 0 Å². The molecule has 0 saturated heterocycles. The third-order valence-corrected chi connectivity index (χ3v) is 5.49. The van der Waals surface area contributed by atoms with Crippen molar-refractivity contribution in [1.82, 2.24) is 21.3 Å². The molecule has 1 aromatic rings. The average Bonchev–Trinajstić information content (AvgIpc) is 3.19. The molecule has 8 nitrogen and oxygen atoms in total. The molecule has 176 valence electrons. The van der Waals surface area contributed by atoms with E-state index in [1.54, 1.807) is 6.92 Å². The summed E-state index contributed by atoms with van der Waals surface area (Å²) in [4.78, 5) is 34.7. The molecule has 0 bridgehead atoms. The number of hydrogen-bond acceptors (Lipinski definition) is 5. The van der Waals surface area contributed by atoms with Gasteiger partial charge >= 0.3 is 0 Å². The van der Waals surface area contributed by atoms with E-state index in [1.165, 1.54) is 32.6 Å². The maximum Gasteiger partial charge on any atom is 0.242 e. The number of nitrogens with one attached hydrogen (secondary N) is 4. The first kappa shape index (κ1) is 25.4. The van der Waals surface area contributed by atoms with Crippen molar-refractivity contribution < 1.29 is 19.1 Å². The second kappa shape index (κ2) is 12.9. The maximum atomic E-state index is 11.9. The zero-order valence-electron chi connectivity index (χ0n) is 19.3. The van der Waals surface area contributed by atoms with Gasteiger partial charge in [-0.2, -0.15) is 0 Å². The number of carbonyl (C=O) groups excluding carboxylic acids is 3. The number of hydrogen-bond donors (Lipinski definition) is 4. The lowest BCUT2D eigenvalue weighted by atomic mass is 10.0. The molecular weight excluding hydrogens is 408 g/mol. The zero-order valence-corrected chi connectivity index (χ0v) is 19.3. The van der Waals surface area contributed by atoms with Crippen molar-refractivity contribution in [2.24, 2.45) is 0 Å². The Kier molecular flexibility index (Phi) is 10.2. The highest BCUT2D eigenvalue weighted by molar-refractivity contribution is 5.89. The Morgan fingerprint density at radius 1 is 1.16 bits per heavy atom. The van der Waals surface area contributed by atoms with Gasteiger partial charge in [-0.15, -0.1) is 0 Å². The maximum absolute atomic E-state index is 11.9. The summed E-state index contributed by atoms with van der Waals surface area (Å²) in [5.41, 5.74) is 1.17. The number of rotatable bonds is 12. The van der Waals surface area contributed by atoms with Gasteiger partial charge in [0.2, 0.25) is 17.7 Å². The van der Waals surface area contributed by atoms with Crippen LogP contribution in [0.15, 0.2) is 30.3 Å². The minimum absolute atomic E-state index is 0.151. The summed E-state index contributed by atoms with van der Waals surface area (Å²) in [5.74, 6) is -0.221. The molecule has 0 aromatic heterocycles. The molecule has 0 spiro atoms. The lowest BCUT2D eigenvalue weighted by Gasteiger charge is -2.25. The van der Waals surface area contributed by atoms with Crippen LogP contribution < -0.4 is 26.0 Å². The van der Waals surface area contributed by atoms with Crippen LogP contribution in [0.5, 0.6) is 5.75 Å². The van der Waals surface area contributed by atoms with E-state index < -0.39 is 11.9 Å². The van der Waals surface area contributed by atoms with Crippen LogP contribution in [0.2, 0.25) is 0 Å². The molecule has 0 unspecified atom stereocenters. The Morgan fingerprint density at radius 3 is 2.59 bits per heavy atom. The standard InChI is InChI=1S/C24H36N4O4/c1-18(28-19(2)29)23(31)26-17-22(30)25-14-8-10-20-9-4-5-11-21(20)32-16-15-27-24(3)12-6-7-13-24/h4-5,8-11,18,27H,6-7,12-17H2,1-3H3,(H,25,30)(H,26,31)(H,28,29)/b10-8+/t18-/m0/s1. The average molecular weight is 445 g/mol. The quantitative estimate of drug-likeness (QED) is 0.368. The summed E-state index contributed by atoms with van der Waals surface area (Å²) >= 11 is 0. The third-order valence-electron chi connectivity index (χ3n) is 5.49. The summed E-state index contributed by atoms with van der Waals surface area (Å²) in [6.07, 6.45) is 8.75. The predicted octanol–water partition coefficient (Wildman–Crippen LogP) is 1.76. The van der Waals surface area contributed by atoms with Gasteiger partial charge in [0, 0.05) is 31.1 Å².